The molecule has 0 N–H and O–H groups in total. The lowest BCUT2D eigenvalue weighted by Crippen LogP contribution is -1.60. The van der Waals surface area contributed by atoms with Crippen molar-refractivity contribution in [2.45, 2.75) is 20.3 Å². The van der Waals surface area contributed by atoms with E-state index in [1.807, 2.05) is 26.0 Å². The zero-order valence-electron chi connectivity index (χ0n) is 6.22. The maximum Gasteiger partial charge on any atom is -0.0166 e. The quantitative estimate of drug-likeness (QED) is 0.398. The summed E-state index contributed by atoms with van der Waals surface area (Å²) in [7, 11) is 0. The molecule has 0 heteroatoms. The van der Waals surface area contributed by atoms with E-state index in [-0.39, 0.29) is 0 Å². The molecular formula is C9H14. The van der Waals surface area contributed by atoms with Crippen LogP contribution in [-0.2, 0) is 0 Å². The van der Waals surface area contributed by atoms with Crippen molar-refractivity contribution in [1.82, 2.24) is 0 Å². The fraction of sp³-hybridized carbons (Fsp3) is 0.333. The van der Waals surface area contributed by atoms with Crippen LogP contribution in [0.1, 0.15) is 20.3 Å². The van der Waals surface area contributed by atoms with Crippen molar-refractivity contribution < 1.29 is 0 Å². The smallest absolute Gasteiger partial charge is 0.0166 e. The average Bonchev–Trinajstić information content (AvgIpc) is 1.80. The number of rotatable bonds is 3. The van der Waals surface area contributed by atoms with Gasteiger partial charge in [-0.3, -0.25) is 0 Å². The molecule has 0 nitrogen and oxygen atoms in total. The van der Waals surface area contributed by atoms with Crippen molar-refractivity contribution in [3.05, 3.63) is 36.5 Å². The van der Waals surface area contributed by atoms with E-state index in [2.05, 4.69) is 18.7 Å². The van der Waals surface area contributed by atoms with Crippen LogP contribution in [0.5, 0.6) is 0 Å². The molecule has 0 aliphatic rings. The van der Waals surface area contributed by atoms with E-state index in [1.54, 1.807) is 0 Å². The van der Waals surface area contributed by atoms with E-state index in [0.717, 1.165) is 12.0 Å². The Morgan fingerprint density at radius 2 is 2.11 bits per heavy atom. The fourth-order valence-electron chi connectivity index (χ4n) is 0.484. The molecule has 0 saturated carbocycles. The SMILES string of the molecule is C=C(C)C=CCC=CC. The number of hydrogen-bond acceptors (Lipinski definition) is 0. The van der Waals surface area contributed by atoms with E-state index in [1.165, 1.54) is 0 Å². The molecule has 0 atom stereocenters. The van der Waals surface area contributed by atoms with Gasteiger partial charge >= 0.3 is 0 Å². The Kier molecular flexibility index (Phi) is 4.89. The minimum atomic E-state index is 1.02. The van der Waals surface area contributed by atoms with Gasteiger partial charge in [0.2, 0.25) is 0 Å². The van der Waals surface area contributed by atoms with Crippen LogP contribution in [0.15, 0.2) is 36.5 Å². The molecule has 50 valence electrons. The molecule has 9 heavy (non-hydrogen) atoms. The minimum Gasteiger partial charge on any atom is -0.0961 e. The Morgan fingerprint density at radius 3 is 2.56 bits per heavy atom. The van der Waals surface area contributed by atoms with Crippen LogP contribution in [0.3, 0.4) is 0 Å². The molecule has 0 aromatic heterocycles. The van der Waals surface area contributed by atoms with Crippen LogP contribution in [0.25, 0.3) is 0 Å². The molecule has 0 aromatic rings. The maximum absolute atomic E-state index is 3.74. The zero-order valence-corrected chi connectivity index (χ0v) is 6.22. The van der Waals surface area contributed by atoms with Gasteiger partial charge in [0.15, 0.2) is 0 Å². The molecule has 0 spiro atoms. The van der Waals surface area contributed by atoms with Gasteiger partial charge in [0.1, 0.15) is 0 Å². The minimum absolute atomic E-state index is 1.02. The van der Waals surface area contributed by atoms with Crippen molar-refractivity contribution in [3.63, 3.8) is 0 Å². The van der Waals surface area contributed by atoms with Gasteiger partial charge in [-0.25, -0.2) is 0 Å². The van der Waals surface area contributed by atoms with Crippen LogP contribution >= 0.6 is 0 Å². The Balaban J connectivity index is 3.36. The second-order valence-electron chi connectivity index (χ2n) is 2.05. The van der Waals surface area contributed by atoms with Gasteiger partial charge in [-0.1, -0.05) is 36.5 Å². The van der Waals surface area contributed by atoms with E-state index >= 15 is 0 Å². The molecule has 0 aliphatic carbocycles. The summed E-state index contributed by atoms with van der Waals surface area (Å²) in [4.78, 5) is 0. The average molecular weight is 122 g/mol. The van der Waals surface area contributed by atoms with Gasteiger partial charge in [0.05, 0.1) is 0 Å². The Labute approximate surface area is 57.6 Å². The van der Waals surface area contributed by atoms with Crippen molar-refractivity contribution in [1.29, 1.82) is 0 Å². The lowest BCUT2D eigenvalue weighted by molar-refractivity contribution is 1.36. The highest BCUT2D eigenvalue weighted by Gasteiger charge is 1.70. The van der Waals surface area contributed by atoms with Crippen LogP contribution in [0, 0.1) is 0 Å². The summed E-state index contributed by atoms with van der Waals surface area (Å²) in [6.45, 7) is 7.76. The Morgan fingerprint density at radius 1 is 1.44 bits per heavy atom. The molecule has 0 unspecified atom stereocenters. The standard InChI is InChI=1S/C9H14/c1-4-5-6-7-8-9(2)3/h4-5,7-8H,2,6H2,1,3H3. The van der Waals surface area contributed by atoms with E-state index in [4.69, 9.17) is 0 Å². The van der Waals surface area contributed by atoms with Gasteiger partial charge in [-0.2, -0.15) is 0 Å². The summed E-state index contributed by atoms with van der Waals surface area (Å²) in [5, 5.41) is 0. The molecule has 0 radical (unpaired) electrons. The first-order valence-corrected chi connectivity index (χ1v) is 3.20. The summed E-state index contributed by atoms with van der Waals surface area (Å²) in [6.07, 6.45) is 9.30. The van der Waals surface area contributed by atoms with Crippen molar-refractivity contribution in [3.8, 4) is 0 Å². The summed E-state index contributed by atoms with van der Waals surface area (Å²) < 4.78 is 0. The van der Waals surface area contributed by atoms with Crippen molar-refractivity contribution in [2.24, 2.45) is 0 Å². The zero-order chi connectivity index (χ0) is 7.11. The molecule has 0 rings (SSSR count). The molecule has 0 amide bonds. The van der Waals surface area contributed by atoms with Crippen LogP contribution in [0.2, 0.25) is 0 Å². The third kappa shape index (κ3) is 7.22. The Bertz CT molecular complexity index is 127. The number of hydrogen-bond donors (Lipinski definition) is 0. The third-order valence-corrected chi connectivity index (χ3v) is 0.910. The van der Waals surface area contributed by atoms with E-state index in [0.29, 0.717) is 0 Å². The van der Waals surface area contributed by atoms with Gasteiger partial charge < -0.3 is 0 Å². The predicted molar refractivity (Wildman–Crippen MR) is 43.4 cm³/mol. The summed E-state index contributed by atoms with van der Waals surface area (Å²) >= 11 is 0. The molecule has 0 aliphatic heterocycles. The molecule has 0 fully saturated rings. The molecule has 0 bridgehead atoms. The molecular weight excluding hydrogens is 108 g/mol. The Hall–Kier alpha value is -0.780. The highest BCUT2D eigenvalue weighted by Crippen LogP contribution is 1.91. The molecule has 0 saturated heterocycles. The first-order chi connectivity index (χ1) is 4.27. The fourth-order valence-corrected chi connectivity index (χ4v) is 0.484. The molecule has 0 aromatic carbocycles. The van der Waals surface area contributed by atoms with Crippen molar-refractivity contribution in [2.75, 3.05) is 0 Å². The van der Waals surface area contributed by atoms with Crippen LogP contribution < -0.4 is 0 Å². The summed E-state index contributed by atoms with van der Waals surface area (Å²) in [5.41, 5.74) is 1.11. The highest BCUT2D eigenvalue weighted by atomic mass is 13.8. The summed E-state index contributed by atoms with van der Waals surface area (Å²) in [6, 6.07) is 0. The normalized spacial score (nSPS) is 11.3. The van der Waals surface area contributed by atoms with Gasteiger partial charge in [0, 0.05) is 0 Å². The lowest BCUT2D eigenvalue weighted by atomic mass is 10.3. The van der Waals surface area contributed by atoms with Gasteiger partial charge in [-0.15, -0.1) is 0 Å². The van der Waals surface area contributed by atoms with E-state index < -0.39 is 0 Å². The first kappa shape index (κ1) is 8.22. The van der Waals surface area contributed by atoms with E-state index in [9.17, 15) is 0 Å². The van der Waals surface area contributed by atoms with Crippen LogP contribution in [0.4, 0.5) is 0 Å². The largest absolute Gasteiger partial charge is 0.0961 e. The maximum atomic E-state index is 3.74. The predicted octanol–water partition coefficient (Wildman–Crippen LogP) is 3.08. The lowest BCUT2D eigenvalue weighted by Gasteiger charge is -1.82. The third-order valence-electron chi connectivity index (χ3n) is 0.910. The topological polar surface area (TPSA) is 0 Å². The highest BCUT2D eigenvalue weighted by molar-refractivity contribution is 5.11. The van der Waals surface area contributed by atoms with Gasteiger partial charge in [0.25, 0.3) is 0 Å². The van der Waals surface area contributed by atoms with Crippen LogP contribution in [-0.4, -0.2) is 0 Å². The molecule has 0 heterocycles. The van der Waals surface area contributed by atoms with Gasteiger partial charge in [-0.05, 0) is 20.3 Å². The first-order valence-electron chi connectivity index (χ1n) is 3.20. The number of allylic oxidation sites excluding steroid dienone is 5. The second-order valence-corrected chi connectivity index (χ2v) is 2.05. The second kappa shape index (κ2) is 5.36. The summed E-state index contributed by atoms with van der Waals surface area (Å²) in [5.74, 6) is 0. The van der Waals surface area contributed by atoms with Crippen molar-refractivity contribution >= 4 is 0 Å². The monoisotopic (exact) mass is 122 g/mol.